The second-order valence-corrected chi connectivity index (χ2v) is 5.09. The number of amides is 1. The summed E-state index contributed by atoms with van der Waals surface area (Å²) in [5, 5.41) is 2.55. The lowest BCUT2D eigenvalue weighted by atomic mass is 10.2. The number of rotatable bonds is 1. The third-order valence-corrected chi connectivity index (χ3v) is 2.06. The Morgan fingerprint density at radius 3 is 2.69 bits per heavy atom. The molecule has 0 saturated carbocycles. The van der Waals surface area contributed by atoms with Gasteiger partial charge < -0.3 is 4.74 Å². The quantitative estimate of drug-likeness (QED) is 0.863. The third-order valence-electron chi connectivity index (χ3n) is 1.48. The van der Waals surface area contributed by atoms with Crippen molar-refractivity contribution in [3.63, 3.8) is 0 Å². The number of carbonyl (C=O) groups excluding carboxylic acids is 1. The highest BCUT2D eigenvalue weighted by molar-refractivity contribution is 9.10. The molecule has 1 amide bonds. The van der Waals surface area contributed by atoms with Crippen LogP contribution in [0.1, 0.15) is 26.6 Å². The number of aryl methyl sites for hydroxylation is 1. The summed E-state index contributed by atoms with van der Waals surface area (Å²) in [5.41, 5.74) is -0.529. The average molecular weight is 288 g/mol. The van der Waals surface area contributed by atoms with E-state index in [2.05, 4.69) is 31.2 Å². The summed E-state index contributed by atoms with van der Waals surface area (Å²) in [5.74, 6) is 0.982. The van der Waals surface area contributed by atoms with Crippen LogP contribution in [-0.4, -0.2) is 21.7 Å². The first-order valence-corrected chi connectivity index (χ1v) is 5.56. The number of nitrogens with zero attached hydrogens (tertiary/aromatic N) is 2. The van der Waals surface area contributed by atoms with Gasteiger partial charge in [-0.3, -0.25) is 5.32 Å². The Bertz CT molecular complexity index is 402. The molecule has 6 heteroatoms. The van der Waals surface area contributed by atoms with Gasteiger partial charge in [-0.15, -0.1) is 0 Å². The molecule has 0 aliphatic heterocycles. The highest BCUT2D eigenvalue weighted by Crippen LogP contribution is 2.19. The summed E-state index contributed by atoms with van der Waals surface area (Å²) in [7, 11) is 0. The molecular formula is C10H14BrN3O2. The molecule has 5 nitrogen and oxygen atoms in total. The topological polar surface area (TPSA) is 64.1 Å². The molecule has 0 unspecified atom stereocenters. The van der Waals surface area contributed by atoms with Crippen molar-refractivity contribution in [1.29, 1.82) is 0 Å². The first kappa shape index (κ1) is 12.9. The lowest BCUT2D eigenvalue weighted by molar-refractivity contribution is 0.0635. The Morgan fingerprint density at radius 2 is 2.12 bits per heavy atom. The molecule has 1 heterocycles. The number of carbonyl (C=O) groups is 1. The maximum Gasteiger partial charge on any atom is 0.413 e. The highest BCUT2D eigenvalue weighted by Gasteiger charge is 2.17. The molecule has 1 rings (SSSR count). The minimum absolute atomic E-state index is 0.404. The SMILES string of the molecule is Cc1ncc(Br)c(NC(=O)OC(C)(C)C)n1. The predicted octanol–water partition coefficient (Wildman–Crippen LogP) is 2.89. The molecule has 16 heavy (non-hydrogen) atoms. The van der Waals surface area contributed by atoms with E-state index in [9.17, 15) is 4.79 Å². The number of hydrogen-bond donors (Lipinski definition) is 1. The van der Waals surface area contributed by atoms with Crippen LogP contribution < -0.4 is 5.32 Å². The standard InChI is InChI=1S/C10H14BrN3O2/c1-6-12-5-7(11)8(13-6)14-9(15)16-10(2,3)4/h5H,1-4H3,(H,12,13,14,15). The van der Waals surface area contributed by atoms with Gasteiger partial charge >= 0.3 is 6.09 Å². The number of hydrogen-bond acceptors (Lipinski definition) is 4. The minimum atomic E-state index is -0.536. The summed E-state index contributed by atoms with van der Waals surface area (Å²) in [6.45, 7) is 7.14. The van der Waals surface area contributed by atoms with E-state index >= 15 is 0 Å². The van der Waals surface area contributed by atoms with Crippen LogP contribution in [0.2, 0.25) is 0 Å². The van der Waals surface area contributed by atoms with Gasteiger partial charge in [-0.1, -0.05) is 0 Å². The highest BCUT2D eigenvalue weighted by atomic mass is 79.9. The van der Waals surface area contributed by atoms with Crippen LogP contribution >= 0.6 is 15.9 Å². The maximum absolute atomic E-state index is 11.5. The Morgan fingerprint density at radius 1 is 1.50 bits per heavy atom. The van der Waals surface area contributed by atoms with E-state index in [1.807, 2.05) is 0 Å². The van der Waals surface area contributed by atoms with Crippen LogP contribution in [0.3, 0.4) is 0 Å². The largest absolute Gasteiger partial charge is 0.444 e. The van der Waals surface area contributed by atoms with E-state index in [-0.39, 0.29) is 0 Å². The van der Waals surface area contributed by atoms with E-state index in [1.54, 1.807) is 33.9 Å². The van der Waals surface area contributed by atoms with Crippen molar-refractivity contribution in [2.24, 2.45) is 0 Å². The van der Waals surface area contributed by atoms with Crippen LogP contribution in [0.25, 0.3) is 0 Å². The average Bonchev–Trinajstić information content (AvgIpc) is 2.08. The van der Waals surface area contributed by atoms with Gasteiger partial charge in [0.25, 0.3) is 0 Å². The molecule has 0 saturated heterocycles. The Kier molecular flexibility index (Phi) is 3.85. The van der Waals surface area contributed by atoms with Gasteiger partial charge in [0.05, 0.1) is 4.47 Å². The lowest BCUT2D eigenvalue weighted by Gasteiger charge is -2.19. The number of anilines is 1. The van der Waals surface area contributed by atoms with Crippen LogP contribution in [0.5, 0.6) is 0 Å². The fourth-order valence-electron chi connectivity index (χ4n) is 0.943. The van der Waals surface area contributed by atoms with Crippen LogP contribution in [0.4, 0.5) is 10.6 Å². The van der Waals surface area contributed by atoms with E-state index in [0.29, 0.717) is 16.1 Å². The van der Waals surface area contributed by atoms with Crippen molar-refractivity contribution >= 4 is 27.8 Å². The zero-order valence-electron chi connectivity index (χ0n) is 9.67. The number of nitrogens with one attached hydrogen (secondary N) is 1. The zero-order valence-corrected chi connectivity index (χ0v) is 11.3. The molecule has 1 N–H and O–H groups in total. The Hall–Kier alpha value is -1.17. The van der Waals surface area contributed by atoms with E-state index in [1.165, 1.54) is 0 Å². The first-order valence-electron chi connectivity index (χ1n) is 4.77. The van der Waals surface area contributed by atoms with Gasteiger partial charge in [-0.25, -0.2) is 14.8 Å². The van der Waals surface area contributed by atoms with E-state index < -0.39 is 11.7 Å². The van der Waals surface area contributed by atoms with Crippen molar-refractivity contribution in [3.05, 3.63) is 16.5 Å². The molecule has 1 aromatic rings. The van der Waals surface area contributed by atoms with Crippen molar-refractivity contribution in [1.82, 2.24) is 9.97 Å². The van der Waals surface area contributed by atoms with Crippen molar-refractivity contribution in [3.8, 4) is 0 Å². The molecular weight excluding hydrogens is 274 g/mol. The van der Waals surface area contributed by atoms with E-state index in [0.717, 1.165) is 0 Å². The first-order chi connectivity index (χ1) is 7.28. The number of ether oxygens (including phenoxy) is 1. The molecule has 0 aliphatic carbocycles. The second kappa shape index (κ2) is 4.78. The molecule has 0 atom stereocenters. The van der Waals surface area contributed by atoms with Crippen LogP contribution in [-0.2, 0) is 4.74 Å². The normalized spacial score (nSPS) is 11.1. The fraction of sp³-hybridized carbons (Fsp3) is 0.500. The van der Waals surface area contributed by atoms with Crippen molar-refractivity contribution < 1.29 is 9.53 Å². The Balaban J connectivity index is 2.73. The molecule has 1 aromatic heterocycles. The van der Waals surface area contributed by atoms with Gasteiger partial charge in [-0.05, 0) is 43.6 Å². The maximum atomic E-state index is 11.5. The molecule has 0 spiro atoms. The molecule has 0 bridgehead atoms. The van der Waals surface area contributed by atoms with Gasteiger partial charge in [0.15, 0.2) is 5.82 Å². The summed E-state index contributed by atoms with van der Waals surface area (Å²) in [6, 6.07) is 0. The van der Waals surface area contributed by atoms with Crippen LogP contribution in [0.15, 0.2) is 10.7 Å². The van der Waals surface area contributed by atoms with Gasteiger partial charge in [0.2, 0.25) is 0 Å². The summed E-state index contributed by atoms with van der Waals surface area (Å²) in [4.78, 5) is 19.5. The monoisotopic (exact) mass is 287 g/mol. The zero-order chi connectivity index (χ0) is 12.3. The van der Waals surface area contributed by atoms with Gasteiger partial charge in [0, 0.05) is 6.20 Å². The van der Waals surface area contributed by atoms with Crippen molar-refractivity contribution in [2.75, 3.05) is 5.32 Å². The van der Waals surface area contributed by atoms with Crippen molar-refractivity contribution in [2.45, 2.75) is 33.3 Å². The Labute approximate surface area is 103 Å². The smallest absolute Gasteiger partial charge is 0.413 e. The summed E-state index contributed by atoms with van der Waals surface area (Å²) >= 11 is 3.24. The predicted molar refractivity (Wildman–Crippen MR) is 64.3 cm³/mol. The van der Waals surface area contributed by atoms with Crippen LogP contribution in [0, 0.1) is 6.92 Å². The van der Waals surface area contributed by atoms with E-state index in [4.69, 9.17) is 4.74 Å². The van der Waals surface area contributed by atoms with Gasteiger partial charge in [-0.2, -0.15) is 0 Å². The molecule has 0 fully saturated rings. The summed E-state index contributed by atoms with van der Waals surface area (Å²) in [6.07, 6.45) is 1.04. The molecule has 0 aromatic carbocycles. The lowest BCUT2D eigenvalue weighted by Crippen LogP contribution is -2.27. The minimum Gasteiger partial charge on any atom is -0.444 e. The summed E-state index contributed by atoms with van der Waals surface area (Å²) < 4.78 is 5.72. The molecule has 0 radical (unpaired) electrons. The third kappa shape index (κ3) is 4.14. The molecule has 0 aliphatic rings. The second-order valence-electron chi connectivity index (χ2n) is 4.24. The van der Waals surface area contributed by atoms with Gasteiger partial charge in [0.1, 0.15) is 11.4 Å². The number of halogens is 1. The molecule has 88 valence electrons. The number of aromatic nitrogens is 2. The fourth-order valence-corrected chi connectivity index (χ4v) is 1.23.